The number of carboxylic acids is 1. The molecule has 43 heavy (non-hydrogen) atoms. The average Bonchev–Trinajstić information content (AvgIpc) is 3.41. The second-order valence-electron chi connectivity index (χ2n) is 11.3. The number of aromatic nitrogens is 1. The van der Waals surface area contributed by atoms with Gasteiger partial charge in [0.1, 0.15) is 0 Å². The van der Waals surface area contributed by atoms with Crippen LogP contribution < -0.4 is 5.32 Å². The number of allylic oxidation sites excluding steroid dienone is 4. The number of piperazine rings is 1. The number of nitro groups is 1. The monoisotopic (exact) mass is 611 g/mol. The van der Waals surface area contributed by atoms with Crippen LogP contribution in [0.5, 0.6) is 0 Å². The molecule has 2 unspecified atom stereocenters. The molecule has 0 saturated carbocycles. The van der Waals surface area contributed by atoms with Gasteiger partial charge in [-0.1, -0.05) is 24.3 Å². The SMILES string of the molecule is Cc1[nH]c(C=C2C(=O)NC3=CCC(S(=O)(=O)CC4=CC=C(C(=O)O)CC4[N+](=O)[O-])C=C32)c(C)c1C(=O)N1CCN(C)CC1. The lowest BCUT2D eigenvalue weighted by Crippen LogP contribution is -2.47. The number of amides is 2. The van der Waals surface area contributed by atoms with Crippen LogP contribution in [0.15, 0.2) is 52.3 Å². The quantitative estimate of drug-likeness (QED) is 0.234. The molecule has 228 valence electrons. The Morgan fingerprint density at radius 2 is 1.88 bits per heavy atom. The minimum atomic E-state index is -3.98. The Morgan fingerprint density at radius 3 is 2.53 bits per heavy atom. The minimum Gasteiger partial charge on any atom is -0.478 e. The molecule has 3 heterocycles. The lowest BCUT2D eigenvalue weighted by Gasteiger charge is -2.32. The maximum Gasteiger partial charge on any atom is 0.331 e. The number of rotatable bonds is 7. The Kier molecular flexibility index (Phi) is 8.01. The number of sulfone groups is 1. The normalized spacial score (nSPS) is 23.7. The Labute approximate surface area is 248 Å². The van der Waals surface area contributed by atoms with E-state index in [0.29, 0.717) is 46.9 Å². The number of aryl methyl sites for hydroxylation is 1. The van der Waals surface area contributed by atoms with Crippen LogP contribution in [0.25, 0.3) is 6.08 Å². The molecule has 5 rings (SSSR count). The van der Waals surface area contributed by atoms with E-state index < -0.39 is 50.1 Å². The van der Waals surface area contributed by atoms with Crippen molar-refractivity contribution in [3.63, 3.8) is 0 Å². The molecule has 0 spiro atoms. The highest BCUT2D eigenvalue weighted by Crippen LogP contribution is 2.35. The molecule has 0 bridgehead atoms. The van der Waals surface area contributed by atoms with Crippen molar-refractivity contribution in [1.82, 2.24) is 20.1 Å². The lowest BCUT2D eigenvalue weighted by molar-refractivity contribution is -0.511. The van der Waals surface area contributed by atoms with Crippen molar-refractivity contribution in [3.8, 4) is 0 Å². The van der Waals surface area contributed by atoms with Crippen molar-refractivity contribution in [2.45, 2.75) is 38.0 Å². The summed E-state index contributed by atoms with van der Waals surface area (Å²) >= 11 is 0. The molecule has 0 radical (unpaired) electrons. The summed E-state index contributed by atoms with van der Waals surface area (Å²) in [5, 5.41) is 22.6. The second kappa shape index (κ2) is 11.4. The zero-order valence-corrected chi connectivity index (χ0v) is 24.9. The summed E-state index contributed by atoms with van der Waals surface area (Å²) in [7, 11) is -1.97. The van der Waals surface area contributed by atoms with Crippen molar-refractivity contribution >= 4 is 33.7 Å². The minimum absolute atomic E-state index is 0.00889. The Morgan fingerprint density at radius 1 is 1.19 bits per heavy atom. The Balaban J connectivity index is 1.42. The van der Waals surface area contributed by atoms with Gasteiger partial charge in [0, 0.05) is 64.9 Å². The number of carboxylic acid groups (broad SMARTS) is 1. The number of aromatic amines is 1. The molecule has 1 aromatic heterocycles. The Hall–Kier alpha value is -4.30. The fourth-order valence-electron chi connectivity index (χ4n) is 5.88. The molecule has 4 aliphatic rings. The lowest BCUT2D eigenvalue weighted by atomic mass is 9.95. The van der Waals surface area contributed by atoms with Crippen molar-refractivity contribution in [3.05, 3.63) is 84.9 Å². The fourth-order valence-corrected chi connectivity index (χ4v) is 7.58. The van der Waals surface area contributed by atoms with Crippen molar-refractivity contribution in [2.75, 3.05) is 39.0 Å². The van der Waals surface area contributed by atoms with Gasteiger partial charge in [0.25, 0.3) is 11.8 Å². The van der Waals surface area contributed by atoms with Gasteiger partial charge in [-0.05, 0) is 39.0 Å². The highest BCUT2D eigenvalue weighted by atomic mass is 32.2. The van der Waals surface area contributed by atoms with Crippen LogP contribution in [0.2, 0.25) is 0 Å². The van der Waals surface area contributed by atoms with E-state index in [1.54, 1.807) is 26.0 Å². The molecule has 2 atom stereocenters. The summed E-state index contributed by atoms with van der Waals surface area (Å²) in [5.41, 5.74) is 3.43. The molecule has 2 fully saturated rings. The molecule has 3 N–H and O–H groups in total. The maximum atomic E-state index is 13.5. The van der Waals surface area contributed by atoms with E-state index in [0.717, 1.165) is 13.1 Å². The van der Waals surface area contributed by atoms with Crippen LogP contribution in [0.4, 0.5) is 0 Å². The first kappa shape index (κ1) is 30.2. The summed E-state index contributed by atoms with van der Waals surface area (Å²) < 4.78 is 26.9. The number of carbonyl (C=O) groups excluding carboxylic acids is 2. The number of carbonyl (C=O) groups is 3. The first-order valence-electron chi connectivity index (χ1n) is 13.9. The zero-order chi connectivity index (χ0) is 31.2. The van der Waals surface area contributed by atoms with E-state index in [1.807, 2.05) is 11.9 Å². The predicted octanol–water partition coefficient (Wildman–Crippen LogP) is 1.52. The third-order valence-electron chi connectivity index (χ3n) is 8.45. The largest absolute Gasteiger partial charge is 0.478 e. The van der Waals surface area contributed by atoms with Gasteiger partial charge in [-0.3, -0.25) is 19.7 Å². The van der Waals surface area contributed by atoms with E-state index in [2.05, 4.69) is 15.2 Å². The first-order chi connectivity index (χ1) is 20.3. The summed E-state index contributed by atoms with van der Waals surface area (Å²) in [4.78, 5) is 55.8. The van der Waals surface area contributed by atoms with Crippen LogP contribution in [-0.2, 0) is 19.4 Å². The molecule has 1 aromatic rings. The third kappa shape index (κ3) is 5.84. The number of aliphatic carboxylic acids is 1. The molecule has 14 heteroatoms. The molecular formula is C29H33N5O8S. The molecule has 2 aliphatic carbocycles. The van der Waals surface area contributed by atoms with Gasteiger partial charge in [-0.2, -0.15) is 0 Å². The number of H-pyrrole nitrogens is 1. The van der Waals surface area contributed by atoms with Crippen LogP contribution >= 0.6 is 0 Å². The van der Waals surface area contributed by atoms with Gasteiger partial charge < -0.3 is 25.2 Å². The van der Waals surface area contributed by atoms with Gasteiger partial charge in [-0.25, -0.2) is 13.2 Å². The number of hydrogen-bond acceptors (Lipinski definition) is 8. The van der Waals surface area contributed by atoms with E-state index in [9.17, 15) is 38.0 Å². The maximum absolute atomic E-state index is 13.5. The standard InChI is InChI=1S/C29H33N5O8S/c1-16-24(30-17(2)26(16)28(36)33-10-8-32(3)9-11-33)14-22-21-13-20(6-7-23(21)31-27(22)35)43(41,42)15-19-5-4-18(29(37)38)12-25(19)34(39)40/h4-5,7,13-14,20,25,30H,6,8-12,15H2,1-3H3,(H,31,35)(H,37,38). The number of nitrogens with zero attached hydrogens (tertiary/aromatic N) is 3. The highest BCUT2D eigenvalue weighted by molar-refractivity contribution is 7.92. The fraction of sp³-hybridized carbons (Fsp3) is 0.414. The molecule has 0 aromatic carbocycles. The molecular weight excluding hydrogens is 578 g/mol. The smallest absolute Gasteiger partial charge is 0.331 e. The van der Waals surface area contributed by atoms with Crippen molar-refractivity contribution in [1.29, 1.82) is 0 Å². The molecule has 2 saturated heterocycles. The van der Waals surface area contributed by atoms with E-state index in [4.69, 9.17) is 0 Å². The van der Waals surface area contributed by atoms with Crippen molar-refractivity contribution < 1.29 is 32.8 Å². The Bertz CT molecular complexity index is 1690. The van der Waals surface area contributed by atoms with E-state index in [-0.39, 0.29) is 29.0 Å². The molecule has 2 amide bonds. The summed E-state index contributed by atoms with van der Waals surface area (Å²) in [6, 6.07) is -1.46. The number of likely N-dealkylation sites (N-methyl/N-ethyl adjacent to an activating group) is 1. The summed E-state index contributed by atoms with van der Waals surface area (Å²) in [5.74, 6) is -2.41. The predicted molar refractivity (Wildman–Crippen MR) is 157 cm³/mol. The second-order valence-corrected chi connectivity index (χ2v) is 13.5. The average molecular weight is 612 g/mol. The molecule has 13 nitrogen and oxygen atoms in total. The topological polar surface area (TPSA) is 183 Å². The van der Waals surface area contributed by atoms with Gasteiger partial charge in [-0.15, -0.1) is 0 Å². The summed E-state index contributed by atoms with van der Waals surface area (Å²) in [6.45, 7) is 6.40. The highest BCUT2D eigenvalue weighted by Gasteiger charge is 2.39. The van der Waals surface area contributed by atoms with Crippen molar-refractivity contribution in [2.24, 2.45) is 0 Å². The van der Waals surface area contributed by atoms with Crippen LogP contribution in [-0.4, -0.2) is 101 Å². The van der Waals surface area contributed by atoms with Gasteiger partial charge >= 0.3 is 5.97 Å². The van der Waals surface area contributed by atoms with Crippen LogP contribution in [0.1, 0.15) is 40.2 Å². The number of fused-ring (bicyclic) bond motifs is 1. The van der Waals surface area contributed by atoms with Crippen LogP contribution in [0, 0.1) is 24.0 Å². The van der Waals surface area contributed by atoms with Gasteiger partial charge in [0.15, 0.2) is 9.84 Å². The van der Waals surface area contributed by atoms with E-state index >= 15 is 0 Å². The van der Waals surface area contributed by atoms with Crippen LogP contribution in [0.3, 0.4) is 0 Å². The molecule has 2 aliphatic heterocycles. The summed E-state index contributed by atoms with van der Waals surface area (Å²) in [6.07, 6.45) is 6.79. The van der Waals surface area contributed by atoms with E-state index in [1.165, 1.54) is 18.2 Å². The first-order valence-corrected chi connectivity index (χ1v) is 15.6. The third-order valence-corrected chi connectivity index (χ3v) is 10.4. The zero-order valence-electron chi connectivity index (χ0n) is 24.0. The number of hydrogen-bond donors (Lipinski definition) is 3. The van der Waals surface area contributed by atoms with Gasteiger partial charge in [0.2, 0.25) is 6.04 Å². The number of nitrogens with one attached hydrogen (secondary N) is 2. The van der Waals surface area contributed by atoms with Gasteiger partial charge in [0.05, 0.1) is 28.6 Å².